The maximum atomic E-state index is 12.9. The van der Waals surface area contributed by atoms with E-state index in [0.29, 0.717) is 5.69 Å². The zero-order valence-corrected chi connectivity index (χ0v) is 14.6. The molecule has 0 spiro atoms. The molecule has 0 saturated carbocycles. The summed E-state index contributed by atoms with van der Waals surface area (Å²) in [7, 11) is -3.74. The minimum absolute atomic E-state index is 0.0144. The highest BCUT2D eigenvalue weighted by Crippen LogP contribution is 2.29. The Labute approximate surface area is 149 Å². The molecule has 1 aliphatic heterocycles. The maximum absolute atomic E-state index is 12.9. The molecule has 8 heteroatoms. The Morgan fingerprint density at radius 1 is 1.08 bits per heavy atom. The first-order valence-corrected chi connectivity index (χ1v) is 10.1. The fourth-order valence-electron chi connectivity index (χ4n) is 2.59. The fraction of sp³-hybridized carbons (Fsp3) is 0.118. The lowest BCUT2D eigenvalue weighted by Gasteiger charge is -2.08. The number of hydrogen-bond acceptors (Lipinski definition) is 4. The number of thioether (sulfide) groups is 1. The maximum Gasteiger partial charge on any atom is 0.261 e. The van der Waals surface area contributed by atoms with Crippen LogP contribution >= 0.6 is 11.8 Å². The molecule has 0 aliphatic carbocycles. The van der Waals surface area contributed by atoms with Gasteiger partial charge in [0, 0.05) is 29.7 Å². The van der Waals surface area contributed by atoms with E-state index in [2.05, 4.69) is 14.3 Å². The average molecular weight is 375 g/mol. The molecule has 1 aromatic heterocycles. The summed E-state index contributed by atoms with van der Waals surface area (Å²) >= 11 is 1.73. The van der Waals surface area contributed by atoms with Crippen molar-refractivity contribution in [1.82, 2.24) is 9.55 Å². The first-order valence-electron chi connectivity index (χ1n) is 7.60. The number of nitrogens with one attached hydrogen (secondary N) is 1. The zero-order valence-electron chi connectivity index (χ0n) is 13.0. The van der Waals surface area contributed by atoms with Gasteiger partial charge in [-0.05, 0) is 36.4 Å². The Balaban J connectivity index is 1.54. The van der Waals surface area contributed by atoms with Gasteiger partial charge in [-0.3, -0.25) is 4.72 Å². The third-order valence-electron chi connectivity index (χ3n) is 3.86. The molecular formula is C17H14FN3O2S2. The molecule has 0 bridgehead atoms. The van der Waals surface area contributed by atoms with Gasteiger partial charge in [0.15, 0.2) is 5.16 Å². The molecule has 5 nitrogen and oxygen atoms in total. The predicted octanol–water partition coefficient (Wildman–Crippen LogP) is 3.60. The van der Waals surface area contributed by atoms with Gasteiger partial charge in [0.2, 0.25) is 0 Å². The molecule has 2 heterocycles. The highest BCUT2D eigenvalue weighted by Gasteiger charge is 2.16. The number of aromatic nitrogens is 2. The number of benzene rings is 2. The number of anilines is 1. The van der Waals surface area contributed by atoms with Crippen molar-refractivity contribution in [1.29, 1.82) is 0 Å². The van der Waals surface area contributed by atoms with Crippen molar-refractivity contribution < 1.29 is 12.8 Å². The average Bonchev–Trinajstić information content (AvgIpc) is 3.17. The number of fused-ring (bicyclic) bond motifs is 1. The first kappa shape index (κ1) is 16.2. The van der Waals surface area contributed by atoms with Crippen LogP contribution in [0.2, 0.25) is 0 Å². The lowest BCUT2D eigenvalue weighted by atomic mass is 10.1. The Morgan fingerprint density at radius 3 is 2.48 bits per heavy atom. The molecule has 3 aromatic rings. The molecule has 2 aromatic carbocycles. The molecule has 1 N–H and O–H groups in total. The van der Waals surface area contributed by atoms with Crippen LogP contribution in [0.4, 0.5) is 10.1 Å². The van der Waals surface area contributed by atoms with E-state index in [-0.39, 0.29) is 4.90 Å². The van der Waals surface area contributed by atoms with Crippen LogP contribution in [-0.4, -0.2) is 23.7 Å². The lowest BCUT2D eigenvalue weighted by Crippen LogP contribution is -2.12. The lowest BCUT2D eigenvalue weighted by molar-refractivity contribution is 0.599. The van der Waals surface area contributed by atoms with Crippen molar-refractivity contribution in [3.63, 3.8) is 0 Å². The van der Waals surface area contributed by atoms with Crippen LogP contribution in [0.1, 0.15) is 0 Å². The van der Waals surface area contributed by atoms with E-state index in [1.54, 1.807) is 23.9 Å². The normalized spacial score (nSPS) is 13.6. The highest BCUT2D eigenvalue weighted by atomic mass is 32.2. The highest BCUT2D eigenvalue weighted by molar-refractivity contribution is 7.99. The van der Waals surface area contributed by atoms with Crippen LogP contribution in [0.3, 0.4) is 0 Å². The van der Waals surface area contributed by atoms with Gasteiger partial charge in [-0.2, -0.15) is 0 Å². The molecule has 0 radical (unpaired) electrons. The first-order chi connectivity index (χ1) is 12.0. The standard InChI is InChI=1S/C17H14FN3O2S2/c18-13-3-7-15(8-4-13)25(22,23)20-14-5-1-12(2-6-14)16-11-21-9-10-24-17(21)19-16/h1-8,11,20H,9-10H2. The molecular weight excluding hydrogens is 361 g/mol. The molecule has 0 amide bonds. The minimum atomic E-state index is -3.74. The summed E-state index contributed by atoms with van der Waals surface area (Å²) in [5.41, 5.74) is 2.23. The van der Waals surface area contributed by atoms with Gasteiger partial charge in [-0.1, -0.05) is 23.9 Å². The monoisotopic (exact) mass is 375 g/mol. The topological polar surface area (TPSA) is 64.0 Å². The van der Waals surface area contributed by atoms with E-state index in [9.17, 15) is 12.8 Å². The molecule has 4 rings (SSSR count). The quantitative estimate of drug-likeness (QED) is 0.757. The van der Waals surface area contributed by atoms with Crippen molar-refractivity contribution >= 4 is 27.5 Å². The Kier molecular flexibility index (Phi) is 4.01. The summed E-state index contributed by atoms with van der Waals surface area (Å²) < 4.78 is 42.2. The Hall–Kier alpha value is -2.32. The molecule has 0 unspecified atom stereocenters. The molecule has 0 atom stereocenters. The number of hydrogen-bond donors (Lipinski definition) is 1. The third kappa shape index (κ3) is 3.27. The van der Waals surface area contributed by atoms with E-state index in [4.69, 9.17) is 0 Å². The van der Waals surface area contributed by atoms with Crippen molar-refractivity contribution in [2.75, 3.05) is 10.5 Å². The zero-order chi connectivity index (χ0) is 17.4. The number of rotatable bonds is 4. The van der Waals surface area contributed by atoms with Crippen molar-refractivity contribution in [3.8, 4) is 11.3 Å². The van der Waals surface area contributed by atoms with E-state index in [0.717, 1.165) is 40.8 Å². The summed E-state index contributed by atoms with van der Waals surface area (Å²) in [6, 6.07) is 11.7. The van der Waals surface area contributed by atoms with Crippen LogP contribution in [0.5, 0.6) is 0 Å². The molecule has 25 heavy (non-hydrogen) atoms. The van der Waals surface area contributed by atoms with Gasteiger partial charge in [-0.25, -0.2) is 17.8 Å². The second-order valence-corrected chi connectivity index (χ2v) is 8.33. The number of halogens is 1. The molecule has 1 aliphatic rings. The number of sulfonamides is 1. The number of imidazole rings is 1. The summed E-state index contributed by atoms with van der Waals surface area (Å²) in [5, 5.41) is 1.01. The van der Waals surface area contributed by atoms with Gasteiger partial charge in [0.05, 0.1) is 10.6 Å². The summed E-state index contributed by atoms with van der Waals surface area (Å²) in [5.74, 6) is 0.570. The fourth-order valence-corrected chi connectivity index (χ4v) is 4.59. The van der Waals surface area contributed by atoms with Crippen LogP contribution < -0.4 is 4.72 Å². The largest absolute Gasteiger partial charge is 0.325 e. The van der Waals surface area contributed by atoms with Gasteiger partial charge in [0.1, 0.15) is 5.82 Å². The second-order valence-electron chi connectivity index (χ2n) is 5.59. The van der Waals surface area contributed by atoms with Crippen molar-refractivity contribution in [2.24, 2.45) is 0 Å². The molecule has 0 fully saturated rings. The van der Waals surface area contributed by atoms with Crippen LogP contribution in [0, 0.1) is 5.82 Å². The summed E-state index contributed by atoms with van der Waals surface area (Å²) in [4.78, 5) is 4.59. The smallest absolute Gasteiger partial charge is 0.261 e. The van der Waals surface area contributed by atoms with Crippen LogP contribution in [0.15, 0.2) is 64.8 Å². The number of aryl methyl sites for hydroxylation is 1. The van der Waals surface area contributed by atoms with Gasteiger partial charge >= 0.3 is 0 Å². The summed E-state index contributed by atoms with van der Waals surface area (Å²) in [6.45, 7) is 0.961. The third-order valence-corrected chi connectivity index (χ3v) is 6.23. The Morgan fingerprint density at radius 2 is 1.80 bits per heavy atom. The van der Waals surface area contributed by atoms with E-state index >= 15 is 0 Å². The van der Waals surface area contributed by atoms with Crippen molar-refractivity contribution in [2.45, 2.75) is 16.6 Å². The van der Waals surface area contributed by atoms with Crippen LogP contribution in [-0.2, 0) is 16.6 Å². The van der Waals surface area contributed by atoms with Gasteiger partial charge < -0.3 is 4.57 Å². The van der Waals surface area contributed by atoms with E-state index in [1.807, 2.05) is 18.3 Å². The van der Waals surface area contributed by atoms with E-state index in [1.165, 1.54) is 12.1 Å². The molecule has 0 saturated heterocycles. The Bertz CT molecular complexity index is 992. The van der Waals surface area contributed by atoms with Gasteiger partial charge in [-0.15, -0.1) is 0 Å². The minimum Gasteiger partial charge on any atom is -0.325 e. The van der Waals surface area contributed by atoms with Gasteiger partial charge in [0.25, 0.3) is 10.0 Å². The SMILES string of the molecule is O=S(=O)(Nc1ccc(-c2cn3c(n2)SCC3)cc1)c1ccc(F)cc1. The number of nitrogens with zero attached hydrogens (tertiary/aromatic N) is 2. The summed E-state index contributed by atoms with van der Waals surface area (Å²) in [6.07, 6.45) is 2.01. The van der Waals surface area contributed by atoms with Crippen molar-refractivity contribution in [3.05, 3.63) is 60.5 Å². The second kappa shape index (κ2) is 6.20. The predicted molar refractivity (Wildman–Crippen MR) is 95.6 cm³/mol. The van der Waals surface area contributed by atoms with Crippen LogP contribution in [0.25, 0.3) is 11.3 Å². The molecule has 128 valence electrons. The van der Waals surface area contributed by atoms with E-state index < -0.39 is 15.8 Å².